The third-order valence-corrected chi connectivity index (χ3v) is 3.79. The minimum atomic E-state index is 0. The maximum atomic E-state index is 2.48. The standard InChI is InChI=1S/C9H17B.Li/c1-10-8-4-2-5-9(10)7-3-6-8;/h8-9H,2-7H2,1H3;/q-1;+1. The molecule has 0 aromatic carbocycles. The summed E-state index contributed by atoms with van der Waals surface area (Å²) in [6.07, 6.45) is 9.21. The van der Waals surface area contributed by atoms with Crippen LogP contribution in [0.2, 0.25) is 18.5 Å². The van der Waals surface area contributed by atoms with E-state index < -0.39 is 0 Å². The van der Waals surface area contributed by atoms with Gasteiger partial charge >= 0.3 is 18.9 Å². The predicted octanol–water partition coefficient (Wildman–Crippen LogP) is 0.223. The maximum Gasteiger partial charge on any atom is 1.00 e. The van der Waals surface area contributed by atoms with Crippen LogP contribution in [0, 0.1) is 0 Å². The Morgan fingerprint density at radius 2 is 1.27 bits per heavy atom. The summed E-state index contributed by atoms with van der Waals surface area (Å²) in [6.45, 7) is 3.55. The quantitative estimate of drug-likeness (QED) is 0.425. The van der Waals surface area contributed by atoms with Crippen LogP contribution in [0.5, 0.6) is 0 Å². The van der Waals surface area contributed by atoms with Gasteiger partial charge in [0.1, 0.15) is 0 Å². The van der Waals surface area contributed by atoms with Crippen LogP contribution >= 0.6 is 0 Å². The zero-order valence-electron chi connectivity index (χ0n) is 7.97. The fourth-order valence-electron chi connectivity index (χ4n) is 3.01. The van der Waals surface area contributed by atoms with Crippen LogP contribution in [0.4, 0.5) is 0 Å². The van der Waals surface area contributed by atoms with Crippen molar-refractivity contribution in [1.82, 2.24) is 0 Å². The molecule has 2 bridgehead atoms. The molecule has 0 aromatic heterocycles. The molecule has 0 N–H and O–H groups in total. The molecule has 0 nitrogen and oxygen atoms in total. The molecule has 0 amide bonds. The van der Waals surface area contributed by atoms with Crippen LogP contribution in [0.3, 0.4) is 0 Å². The second kappa shape index (κ2) is 4.06. The van der Waals surface area contributed by atoms with E-state index in [1.165, 1.54) is 38.5 Å². The van der Waals surface area contributed by atoms with Crippen molar-refractivity contribution >= 4 is 6.71 Å². The van der Waals surface area contributed by atoms with Gasteiger partial charge in [-0.1, -0.05) is 38.5 Å². The van der Waals surface area contributed by atoms with Crippen molar-refractivity contribution < 1.29 is 18.9 Å². The molecule has 2 fully saturated rings. The molecule has 0 saturated carbocycles. The normalized spacial score (nSPS) is 37.9. The van der Waals surface area contributed by atoms with Gasteiger partial charge in [0.25, 0.3) is 0 Å². The van der Waals surface area contributed by atoms with Gasteiger partial charge < -0.3 is 0 Å². The molecular formula is C9H17BLi. The summed E-state index contributed by atoms with van der Waals surface area (Å²) in [5, 5.41) is 0. The van der Waals surface area contributed by atoms with Gasteiger partial charge in [0.2, 0.25) is 0 Å². The Hall–Kier alpha value is 0.662. The van der Waals surface area contributed by atoms with E-state index in [4.69, 9.17) is 0 Å². The average Bonchev–Trinajstić information content (AvgIpc) is 1.86. The zero-order chi connectivity index (χ0) is 6.97. The Bertz CT molecular complexity index is 105. The van der Waals surface area contributed by atoms with Crippen molar-refractivity contribution in [2.24, 2.45) is 0 Å². The largest absolute Gasteiger partial charge is 1.00 e. The van der Waals surface area contributed by atoms with E-state index in [-0.39, 0.29) is 18.9 Å². The summed E-state index contributed by atoms with van der Waals surface area (Å²) >= 11 is 0. The molecule has 57 valence electrons. The van der Waals surface area contributed by atoms with Crippen LogP contribution in [0.25, 0.3) is 0 Å². The van der Waals surface area contributed by atoms with Crippen LogP contribution in [-0.2, 0) is 0 Å². The van der Waals surface area contributed by atoms with Gasteiger partial charge in [0.05, 0.1) is 0 Å². The first-order valence-corrected chi connectivity index (χ1v) is 4.88. The molecule has 0 unspecified atom stereocenters. The molecule has 1 radical (unpaired) electrons. The number of rotatable bonds is 0. The van der Waals surface area contributed by atoms with E-state index in [0.717, 1.165) is 18.3 Å². The van der Waals surface area contributed by atoms with E-state index in [0.29, 0.717) is 0 Å². The average molecular weight is 143 g/mol. The summed E-state index contributed by atoms with van der Waals surface area (Å²) in [5.41, 5.74) is 0. The fourth-order valence-corrected chi connectivity index (χ4v) is 3.01. The van der Waals surface area contributed by atoms with Crippen LogP contribution in [0.15, 0.2) is 0 Å². The van der Waals surface area contributed by atoms with Gasteiger partial charge in [-0.2, -0.15) is 11.6 Å². The van der Waals surface area contributed by atoms with Crippen molar-refractivity contribution in [3.05, 3.63) is 0 Å². The van der Waals surface area contributed by atoms with Crippen LogP contribution < -0.4 is 18.9 Å². The van der Waals surface area contributed by atoms with E-state index in [2.05, 4.69) is 6.82 Å². The maximum absolute atomic E-state index is 2.48. The Labute approximate surface area is 82.8 Å². The monoisotopic (exact) mass is 143 g/mol. The van der Waals surface area contributed by atoms with Gasteiger partial charge in [0.15, 0.2) is 0 Å². The molecule has 11 heavy (non-hydrogen) atoms. The Balaban J connectivity index is 0.000000605. The first-order valence-electron chi connectivity index (χ1n) is 4.88. The molecule has 2 aliphatic rings. The molecule has 0 spiro atoms. The molecule has 0 aliphatic carbocycles. The second-order valence-corrected chi connectivity index (χ2v) is 4.24. The van der Waals surface area contributed by atoms with E-state index in [1.54, 1.807) is 0 Å². The first kappa shape index (κ1) is 9.75. The SMILES string of the molecule is C[B-]1C2CCCC1CCC2.[Li+]. The van der Waals surface area contributed by atoms with Crippen molar-refractivity contribution in [1.29, 1.82) is 0 Å². The number of hydrogen-bond acceptors (Lipinski definition) is 0. The summed E-state index contributed by atoms with van der Waals surface area (Å²) < 4.78 is 0. The van der Waals surface area contributed by atoms with Crippen molar-refractivity contribution in [2.75, 3.05) is 0 Å². The second-order valence-electron chi connectivity index (χ2n) is 4.24. The first-order chi connectivity index (χ1) is 4.88. The molecule has 0 atom stereocenters. The smallest absolute Gasteiger partial charge is 0.219 e. The molecule has 0 aromatic rings. The molecule has 2 heterocycles. The Morgan fingerprint density at radius 1 is 0.909 bits per heavy atom. The summed E-state index contributed by atoms with van der Waals surface area (Å²) in [4.78, 5) is 0. The minimum absolute atomic E-state index is 0. The van der Waals surface area contributed by atoms with Gasteiger partial charge in [-0.25, -0.2) is 6.82 Å². The van der Waals surface area contributed by atoms with Gasteiger partial charge in [0, 0.05) is 0 Å². The molecule has 2 aliphatic heterocycles. The molecular weight excluding hydrogens is 126 g/mol. The minimum Gasteiger partial charge on any atom is -0.219 e. The molecule has 2 saturated heterocycles. The van der Waals surface area contributed by atoms with E-state index in [9.17, 15) is 0 Å². The van der Waals surface area contributed by atoms with Gasteiger partial charge in [-0.05, 0) is 0 Å². The van der Waals surface area contributed by atoms with E-state index in [1.807, 2.05) is 0 Å². The van der Waals surface area contributed by atoms with Crippen molar-refractivity contribution in [3.63, 3.8) is 0 Å². The van der Waals surface area contributed by atoms with Crippen LogP contribution in [-0.4, -0.2) is 6.71 Å². The van der Waals surface area contributed by atoms with Crippen LogP contribution in [0.1, 0.15) is 38.5 Å². The predicted molar refractivity (Wildman–Crippen MR) is 46.8 cm³/mol. The Morgan fingerprint density at radius 3 is 1.55 bits per heavy atom. The molecule has 2 heteroatoms. The Kier molecular flexibility index (Phi) is 3.60. The van der Waals surface area contributed by atoms with Gasteiger partial charge in [-0.3, -0.25) is 0 Å². The topological polar surface area (TPSA) is 0 Å². The number of hydrogen-bond donors (Lipinski definition) is 0. The summed E-state index contributed by atoms with van der Waals surface area (Å²) in [6, 6.07) is 0. The summed E-state index contributed by atoms with van der Waals surface area (Å²) in [5.74, 6) is 2.24. The third kappa shape index (κ3) is 1.87. The van der Waals surface area contributed by atoms with Crippen molar-refractivity contribution in [2.45, 2.75) is 57.0 Å². The third-order valence-electron chi connectivity index (χ3n) is 3.79. The zero-order valence-corrected chi connectivity index (χ0v) is 7.97. The van der Waals surface area contributed by atoms with Crippen molar-refractivity contribution in [3.8, 4) is 0 Å². The fraction of sp³-hybridized carbons (Fsp3) is 1.00. The number of fused-ring (bicyclic) bond motifs is 2. The van der Waals surface area contributed by atoms with E-state index >= 15 is 0 Å². The van der Waals surface area contributed by atoms with Gasteiger partial charge in [-0.15, -0.1) is 6.71 Å². The molecule has 2 rings (SSSR count). The summed E-state index contributed by atoms with van der Waals surface area (Å²) in [7, 11) is 0.